The molecule has 0 aromatic rings. The second kappa shape index (κ2) is 4.92. The van der Waals surface area contributed by atoms with Gasteiger partial charge in [0.2, 0.25) is 5.91 Å². The fourth-order valence-electron chi connectivity index (χ4n) is 1.60. The summed E-state index contributed by atoms with van der Waals surface area (Å²) in [5, 5.41) is 20.7. The van der Waals surface area contributed by atoms with Crippen LogP contribution in [0.1, 0.15) is 20.3 Å². The molecule has 5 heteroatoms. The predicted molar refractivity (Wildman–Crippen MR) is 54.2 cm³/mol. The second-order valence-electron chi connectivity index (χ2n) is 4.34. The van der Waals surface area contributed by atoms with E-state index >= 15 is 0 Å². The third-order valence-corrected chi connectivity index (χ3v) is 2.84. The van der Waals surface area contributed by atoms with Gasteiger partial charge in [-0.05, 0) is 20.3 Å². The number of aliphatic hydroxyl groups excluding tert-OH is 2. The zero-order chi connectivity index (χ0) is 11.5. The first-order chi connectivity index (χ1) is 7.02. The Hall–Kier alpha value is -0.650. The zero-order valence-electron chi connectivity index (χ0n) is 9.19. The number of ether oxygens (including phenoxy) is 1. The first kappa shape index (κ1) is 12.4. The molecule has 0 aliphatic carbocycles. The lowest BCUT2D eigenvalue weighted by Gasteiger charge is -2.28. The number of hydrogen-bond acceptors (Lipinski definition) is 4. The number of amides is 1. The van der Waals surface area contributed by atoms with Crippen LogP contribution < -0.4 is 5.32 Å². The van der Waals surface area contributed by atoms with Gasteiger partial charge in [-0.15, -0.1) is 0 Å². The summed E-state index contributed by atoms with van der Waals surface area (Å²) < 4.78 is 5.28. The molecule has 0 aromatic heterocycles. The summed E-state index contributed by atoms with van der Waals surface area (Å²) in [7, 11) is 0. The minimum absolute atomic E-state index is 0.0911. The molecule has 2 atom stereocenters. The van der Waals surface area contributed by atoms with Crippen LogP contribution >= 0.6 is 0 Å². The molecule has 15 heavy (non-hydrogen) atoms. The van der Waals surface area contributed by atoms with Crippen molar-refractivity contribution in [1.82, 2.24) is 5.32 Å². The molecule has 3 N–H and O–H groups in total. The maximum atomic E-state index is 11.8. The fraction of sp³-hybridized carbons (Fsp3) is 0.900. The third kappa shape index (κ3) is 2.90. The Kier molecular flexibility index (Phi) is 4.07. The van der Waals surface area contributed by atoms with Crippen LogP contribution in [0.15, 0.2) is 0 Å². The first-order valence-corrected chi connectivity index (χ1v) is 5.18. The van der Waals surface area contributed by atoms with Crippen molar-refractivity contribution in [2.75, 3.05) is 19.8 Å². The number of carbonyl (C=O) groups is 1. The van der Waals surface area contributed by atoms with E-state index in [0.717, 1.165) is 0 Å². The number of nitrogens with one attached hydrogen (secondary N) is 1. The Morgan fingerprint density at radius 3 is 2.53 bits per heavy atom. The van der Waals surface area contributed by atoms with E-state index in [0.29, 0.717) is 13.0 Å². The Morgan fingerprint density at radius 1 is 1.53 bits per heavy atom. The van der Waals surface area contributed by atoms with E-state index < -0.39 is 5.54 Å². The van der Waals surface area contributed by atoms with Crippen LogP contribution in [0, 0.1) is 5.92 Å². The molecule has 1 aliphatic heterocycles. The van der Waals surface area contributed by atoms with Crippen LogP contribution in [-0.4, -0.2) is 47.6 Å². The molecular weight excluding hydrogens is 198 g/mol. The van der Waals surface area contributed by atoms with Crippen molar-refractivity contribution in [3.63, 3.8) is 0 Å². The van der Waals surface area contributed by atoms with Gasteiger partial charge in [-0.3, -0.25) is 4.79 Å². The van der Waals surface area contributed by atoms with E-state index in [9.17, 15) is 4.79 Å². The van der Waals surface area contributed by atoms with E-state index in [4.69, 9.17) is 14.9 Å². The molecule has 0 spiro atoms. The summed E-state index contributed by atoms with van der Waals surface area (Å²) in [4.78, 5) is 11.8. The topological polar surface area (TPSA) is 78.8 Å². The van der Waals surface area contributed by atoms with Gasteiger partial charge in [0.1, 0.15) is 0 Å². The van der Waals surface area contributed by atoms with Crippen molar-refractivity contribution < 1.29 is 19.7 Å². The van der Waals surface area contributed by atoms with Gasteiger partial charge in [-0.2, -0.15) is 0 Å². The molecule has 1 amide bonds. The Morgan fingerprint density at radius 2 is 2.13 bits per heavy atom. The molecule has 1 saturated heterocycles. The van der Waals surface area contributed by atoms with Gasteiger partial charge in [0.05, 0.1) is 30.8 Å². The van der Waals surface area contributed by atoms with Gasteiger partial charge in [0, 0.05) is 6.61 Å². The highest BCUT2D eigenvalue weighted by atomic mass is 16.5. The monoisotopic (exact) mass is 217 g/mol. The lowest BCUT2D eigenvalue weighted by Crippen LogP contribution is -2.54. The minimum Gasteiger partial charge on any atom is -0.394 e. The molecule has 5 nitrogen and oxygen atoms in total. The Labute approximate surface area is 89.4 Å². The lowest BCUT2D eigenvalue weighted by molar-refractivity contribution is -0.129. The average molecular weight is 217 g/mol. The quantitative estimate of drug-likeness (QED) is 0.580. The summed E-state index contributed by atoms with van der Waals surface area (Å²) in [5.41, 5.74) is -0.945. The van der Waals surface area contributed by atoms with Gasteiger partial charge < -0.3 is 20.3 Å². The summed E-state index contributed by atoms with van der Waals surface area (Å²) in [6.07, 6.45) is 0.603. The molecule has 0 radical (unpaired) electrons. The van der Waals surface area contributed by atoms with Crippen molar-refractivity contribution in [2.24, 2.45) is 5.92 Å². The van der Waals surface area contributed by atoms with Crippen LogP contribution in [0.2, 0.25) is 0 Å². The number of hydrogen-bond donors (Lipinski definition) is 3. The van der Waals surface area contributed by atoms with E-state index in [2.05, 4.69) is 5.32 Å². The van der Waals surface area contributed by atoms with Gasteiger partial charge in [0.25, 0.3) is 0 Å². The molecule has 88 valence electrons. The van der Waals surface area contributed by atoms with E-state index in [-0.39, 0.29) is 31.1 Å². The van der Waals surface area contributed by atoms with Crippen LogP contribution in [0.5, 0.6) is 0 Å². The zero-order valence-corrected chi connectivity index (χ0v) is 9.19. The van der Waals surface area contributed by atoms with Crippen molar-refractivity contribution in [3.05, 3.63) is 0 Å². The van der Waals surface area contributed by atoms with Gasteiger partial charge in [0.15, 0.2) is 0 Å². The highest BCUT2D eigenvalue weighted by molar-refractivity contribution is 5.80. The van der Waals surface area contributed by atoms with Crippen LogP contribution in [0.4, 0.5) is 0 Å². The molecule has 0 saturated carbocycles. The molecule has 1 rings (SSSR count). The summed E-state index contributed by atoms with van der Waals surface area (Å²) in [6.45, 7) is 3.49. The highest BCUT2D eigenvalue weighted by Crippen LogP contribution is 2.21. The van der Waals surface area contributed by atoms with E-state index in [1.165, 1.54) is 0 Å². The maximum absolute atomic E-state index is 11.8. The third-order valence-electron chi connectivity index (χ3n) is 2.84. The van der Waals surface area contributed by atoms with Gasteiger partial charge in [-0.25, -0.2) is 0 Å². The molecule has 1 aliphatic rings. The van der Waals surface area contributed by atoms with E-state index in [1.807, 2.05) is 6.92 Å². The molecule has 1 fully saturated rings. The predicted octanol–water partition coefficient (Wildman–Crippen LogP) is -0.729. The first-order valence-electron chi connectivity index (χ1n) is 5.18. The van der Waals surface area contributed by atoms with Gasteiger partial charge in [-0.1, -0.05) is 0 Å². The van der Waals surface area contributed by atoms with Crippen molar-refractivity contribution in [1.29, 1.82) is 0 Å². The van der Waals surface area contributed by atoms with Crippen LogP contribution in [0.25, 0.3) is 0 Å². The normalized spacial score (nSPS) is 26.7. The Bertz CT molecular complexity index is 227. The minimum atomic E-state index is -0.945. The SMILES string of the molecule is CC1OCCC1C(=O)NC(C)(CO)CO. The van der Waals surface area contributed by atoms with Crippen molar-refractivity contribution >= 4 is 5.91 Å². The largest absolute Gasteiger partial charge is 0.394 e. The molecule has 1 heterocycles. The standard InChI is InChI=1S/C10H19NO4/c1-7-8(3-4-15-7)9(14)11-10(2,5-12)6-13/h7-8,12-13H,3-6H2,1-2H3,(H,11,14). The smallest absolute Gasteiger partial charge is 0.226 e. The number of aliphatic hydroxyl groups is 2. The highest BCUT2D eigenvalue weighted by Gasteiger charge is 2.34. The molecule has 0 bridgehead atoms. The lowest BCUT2D eigenvalue weighted by atomic mass is 9.98. The van der Waals surface area contributed by atoms with Gasteiger partial charge >= 0.3 is 0 Å². The fourth-order valence-corrected chi connectivity index (χ4v) is 1.60. The molecule has 2 unspecified atom stereocenters. The van der Waals surface area contributed by atoms with Crippen LogP contribution in [-0.2, 0) is 9.53 Å². The van der Waals surface area contributed by atoms with Crippen molar-refractivity contribution in [2.45, 2.75) is 31.9 Å². The molecule has 0 aromatic carbocycles. The second-order valence-corrected chi connectivity index (χ2v) is 4.34. The average Bonchev–Trinajstić information content (AvgIpc) is 2.64. The van der Waals surface area contributed by atoms with Crippen molar-refractivity contribution in [3.8, 4) is 0 Å². The summed E-state index contributed by atoms with van der Waals surface area (Å²) in [6, 6.07) is 0. The summed E-state index contributed by atoms with van der Waals surface area (Å²) >= 11 is 0. The number of rotatable bonds is 4. The number of carbonyl (C=O) groups excluding carboxylic acids is 1. The summed E-state index contributed by atoms with van der Waals surface area (Å²) in [5.74, 6) is -0.340. The van der Waals surface area contributed by atoms with E-state index in [1.54, 1.807) is 6.92 Å². The Balaban J connectivity index is 2.54. The maximum Gasteiger partial charge on any atom is 0.226 e. The molecular formula is C10H19NO4. The van der Waals surface area contributed by atoms with Crippen LogP contribution in [0.3, 0.4) is 0 Å².